The number of rotatable bonds is 3. The molecule has 1 aromatic rings. The average molecular weight is 407 g/mol. The third-order valence-electron chi connectivity index (χ3n) is 6.52. The summed E-state index contributed by atoms with van der Waals surface area (Å²) in [6.45, 7) is 3.50. The number of amides is 2. The Kier molecular flexibility index (Phi) is 5.24. The van der Waals surface area contributed by atoms with Crippen molar-refractivity contribution in [2.24, 2.45) is 11.3 Å². The van der Waals surface area contributed by atoms with E-state index in [9.17, 15) is 14.8 Å². The average Bonchev–Trinajstić information content (AvgIpc) is 3.44. The van der Waals surface area contributed by atoms with Crippen molar-refractivity contribution in [1.29, 1.82) is 0 Å². The van der Waals surface area contributed by atoms with Gasteiger partial charge in [-0.1, -0.05) is 17.7 Å². The summed E-state index contributed by atoms with van der Waals surface area (Å²) in [6, 6.07) is 7.22. The molecule has 1 spiro atoms. The van der Waals surface area contributed by atoms with Crippen LogP contribution in [0.1, 0.15) is 19.3 Å². The van der Waals surface area contributed by atoms with Crippen LogP contribution in [-0.4, -0.2) is 72.6 Å². The molecule has 2 atom stereocenters. The number of likely N-dealkylation sites (N-methyl/N-ethyl adjacent to an activating group) is 1. The van der Waals surface area contributed by atoms with Crippen LogP contribution in [0.25, 0.3) is 0 Å². The number of nitrogens with zero attached hydrogens (tertiary/aromatic N) is 3. The Balaban J connectivity index is 1.44. The predicted octanol–water partition coefficient (Wildman–Crippen LogP) is 1.59. The third-order valence-corrected chi connectivity index (χ3v) is 6.75. The van der Waals surface area contributed by atoms with Gasteiger partial charge in [-0.2, -0.15) is 0 Å². The van der Waals surface area contributed by atoms with Crippen molar-refractivity contribution in [3.8, 4) is 0 Å². The molecule has 2 amide bonds. The van der Waals surface area contributed by atoms with Crippen LogP contribution in [0.4, 0.5) is 5.69 Å². The quantitative estimate of drug-likeness (QED) is 0.589. The van der Waals surface area contributed by atoms with Crippen molar-refractivity contribution < 1.29 is 14.8 Å². The zero-order valence-electron chi connectivity index (χ0n) is 16.1. The van der Waals surface area contributed by atoms with Crippen LogP contribution in [0.2, 0.25) is 5.02 Å². The lowest BCUT2D eigenvalue weighted by molar-refractivity contribution is -0.150. The number of piperidine rings is 1. The number of piperazine rings is 1. The molecule has 7 nitrogen and oxygen atoms in total. The van der Waals surface area contributed by atoms with Crippen LogP contribution in [0.5, 0.6) is 0 Å². The first-order valence-electron chi connectivity index (χ1n) is 9.86. The van der Waals surface area contributed by atoms with E-state index in [1.54, 1.807) is 5.48 Å². The number of halogens is 1. The van der Waals surface area contributed by atoms with Crippen LogP contribution in [0.3, 0.4) is 0 Å². The van der Waals surface area contributed by atoms with Gasteiger partial charge in [0.1, 0.15) is 6.04 Å². The molecule has 2 unspecified atom stereocenters. The molecule has 0 aromatic heterocycles. The monoisotopic (exact) mass is 406 g/mol. The maximum Gasteiger partial charge on any atom is 0.248 e. The van der Waals surface area contributed by atoms with Crippen molar-refractivity contribution in [3.63, 3.8) is 0 Å². The SMILES string of the molecule is CN1CC2(CC2)CC(C(=O)NO)C1C(=O)N1CCN(c2cccc(Cl)c2)CC1. The summed E-state index contributed by atoms with van der Waals surface area (Å²) in [5.41, 5.74) is 2.99. The number of carbonyl (C=O) groups is 2. The van der Waals surface area contributed by atoms with E-state index in [0.29, 0.717) is 24.5 Å². The van der Waals surface area contributed by atoms with E-state index in [0.717, 1.165) is 38.2 Å². The molecule has 2 aliphatic heterocycles. The number of benzene rings is 1. The van der Waals surface area contributed by atoms with Gasteiger partial charge >= 0.3 is 0 Å². The fourth-order valence-electron chi connectivity index (χ4n) is 4.84. The smallest absolute Gasteiger partial charge is 0.248 e. The van der Waals surface area contributed by atoms with Gasteiger partial charge in [0.25, 0.3) is 0 Å². The van der Waals surface area contributed by atoms with Gasteiger partial charge in [-0.25, -0.2) is 5.48 Å². The standard InChI is InChI=1S/C20H27ClN4O3/c1-23-13-20(5-6-20)12-16(18(26)22-28)17(23)19(27)25-9-7-24(8-10-25)15-4-2-3-14(21)11-15/h2-4,11,16-17,28H,5-10,12-13H2,1H3,(H,22,26). The van der Waals surface area contributed by atoms with Crippen LogP contribution in [-0.2, 0) is 9.59 Å². The van der Waals surface area contributed by atoms with Crippen molar-refractivity contribution >= 4 is 29.1 Å². The molecule has 152 valence electrons. The Morgan fingerprint density at radius 1 is 1.21 bits per heavy atom. The largest absolute Gasteiger partial charge is 0.368 e. The number of hydroxylamine groups is 1. The number of nitrogens with one attached hydrogen (secondary N) is 1. The van der Waals surface area contributed by atoms with E-state index < -0.39 is 17.9 Å². The molecule has 0 radical (unpaired) electrons. The molecule has 4 rings (SSSR count). The molecule has 1 saturated carbocycles. The molecule has 8 heteroatoms. The van der Waals surface area contributed by atoms with Crippen molar-refractivity contribution in [1.82, 2.24) is 15.3 Å². The zero-order chi connectivity index (χ0) is 19.9. The van der Waals surface area contributed by atoms with E-state index in [-0.39, 0.29) is 11.3 Å². The van der Waals surface area contributed by atoms with Gasteiger partial charge in [0, 0.05) is 43.4 Å². The summed E-state index contributed by atoms with van der Waals surface area (Å²) >= 11 is 6.09. The highest BCUT2D eigenvalue weighted by Crippen LogP contribution is 2.54. The maximum atomic E-state index is 13.3. The number of anilines is 1. The Labute approximate surface area is 170 Å². The van der Waals surface area contributed by atoms with E-state index in [2.05, 4.69) is 4.90 Å². The Hall–Kier alpha value is -1.83. The molecule has 0 bridgehead atoms. The van der Waals surface area contributed by atoms with E-state index in [1.165, 1.54) is 0 Å². The fourth-order valence-corrected chi connectivity index (χ4v) is 5.03. The Morgan fingerprint density at radius 2 is 1.93 bits per heavy atom. The topological polar surface area (TPSA) is 76.1 Å². The zero-order valence-corrected chi connectivity index (χ0v) is 16.9. The van der Waals surface area contributed by atoms with Gasteiger partial charge in [-0.3, -0.25) is 19.7 Å². The van der Waals surface area contributed by atoms with Crippen molar-refractivity contribution in [3.05, 3.63) is 29.3 Å². The first-order valence-corrected chi connectivity index (χ1v) is 10.2. The molecule has 1 aliphatic carbocycles. The lowest BCUT2D eigenvalue weighted by Crippen LogP contribution is -2.61. The minimum Gasteiger partial charge on any atom is -0.368 e. The highest BCUT2D eigenvalue weighted by atomic mass is 35.5. The summed E-state index contributed by atoms with van der Waals surface area (Å²) in [7, 11) is 1.92. The highest BCUT2D eigenvalue weighted by Gasteiger charge is 2.55. The van der Waals surface area contributed by atoms with Crippen LogP contribution < -0.4 is 10.4 Å². The predicted molar refractivity (Wildman–Crippen MR) is 106 cm³/mol. The van der Waals surface area contributed by atoms with Gasteiger partial charge in [0.05, 0.1) is 5.92 Å². The van der Waals surface area contributed by atoms with E-state index >= 15 is 0 Å². The van der Waals surface area contributed by atoms with Crippen LogP contribution in [0.15, 0.2) is 24.3 Å². The molecule has 2 heterocycles. The molecular weight excluding hydrogens is 380 g/mol. The second-order valence-corrected chi connectivity index (χ2v) is 8.88. The summed E-state index contributed by atoms with van der Waals surface area (Å²) in [6.07, 6.45) is 2.85. The summed E-state index contributed by atoms with van der Waals surface area (Å²) < 4.78 is 0. The second kappa shape index (κ2) is 7.54. The lowest BCUT2D eigenvalue weighted by atomic mass is 9.80. The molecule has 3 aliphatic rings. The summed E-state index contributed by atoms with van der Waals surface area (Å²) in [5, 5.41) is 9.90. The van der Waals surface area contributed by atoms with Crippen molar-refractivity contribution in [2.45, 2.75) is 25.3 Å². The Bertz CT molecular complexity index is 762. The first kappa shape index (κ1) is 19.5. The van der Waals surface area contributed by atoms with E-state index in [1.807, 2.05) is 41.1 Å². The number of carbonyl (C=O) groups excluding carboxylic acids is 2. The third kappa shape index (κ3) is 3.71. The van der Waals surface area contributed by atoms with Gasteiger partial charge in [0.2, 0.25) is 11.8 Å². The summed E-state index contributed by atoms with van der Waals surface area (Å²) in [4.78, 5) is 31.7. The number of hydrogen-bond donors (Lipinski definition) is 2. The van der Waals surface area contributed by atoms with Gasteiger partial charge in [-0.15, -0.1) is 0 Å². The van der Waals surface area contributed by atoms with Crippen LogP contribution in [0, 0.1) is 11.3 Å². The molecule has 28 heavy (non-hydrogen) atoms. The normalized spacial score (nSPS) is 27.0. The van der Waals surface area contributed by atoms with Gasteiger partial charge < -0.3 is 9.80 Å². The lowest BCUT2D eigenvalue weighted by Gasteiger charge is -2.45. The molecule has 2 N–H and O–H groups in total. The first-order chi connectivity index (χ1) is 13.4. The maximum absolute atomic E-state index is 13.3. The fraction of sp³-hybridized carbons (Fsp3) is 0.600. The number of likely N-dealkylation sites (tertiary alicyclic amines) is 1. The molecular formula is C20H27ClN4O3. The van der Waals surface area contributed by atoms with Gasteiger partial charge in [0.15, 0.2) is 0 Å². The minimum atomic E-state index is -0.518. The van der Waals surface area contributed by atoms with Crippen molar-refractivity contribution in [2.75, 3.05) is 44.7 Å². The summed E-state index contributed by atoms with van der Waals surface area (Å²) in [5.74, 6) is -0.976. The van der Waals surface area contributed by atoms with Gasteiger partial charge in [-0.05, 0) is 49.9 Å². The van der Waals surface area contributed by atoms with Crippen LogP contribution >= 0.6 is 11.6 Å². The molecule has 2 saturated heterocycles. The Morgan fingerprint density at radius 3 is 2.54 bits per heavy atom. The number of hydrogen-bond acceptors (Lipinski definition) is 5. The second-order valence-electron chi connectivity index (χ2n) is 8.44. The minimum absolute atomic E-state index is 0.0163. The molecule has 3 fully saturated rings. The van der Waals surface area contributed by atoms with E-state index in [4.69, 9.17) is 11.6 Å². The molecule has 1 aromatic carbocycles. The highest BCUT2D eigenvalue weighted by molar-refractivity contribution is 6.30.